The molecule has 0 atom stereocenters. The Morgan fingerprint density at radius 3 is 2.58 bits per heavy atom. The number of nitrogens with one attached hydrogen (secondary N) is 1. The molecule has 2 heterocycles. The molecule has 0 radical (unpaired) electrons. The summed E-state index contributed by atoms with van der Waals surface area (Å²) in [5, 5.41) is 8.07. The zero-order valence-electron chi connectivity index (χ0n) is 12.8. The van der Waals surface area contributed by atoms with E-state index >= 15 is 0 Å². The van der Waals surface area contributed by atoms with Gasteiger partial charge in [0.1, 0.15) is 0 Å². The van der Waals surface area contributed by atoms with Crippen LogP contribution in [0.3, 0.4) is 0 Å². The third-order valence-electron chi connectivity index (χ3n) is 3.91. The highest BCUT2D eigenvalue weighted by Gasteiger charge is 2.19. The van der Waals surface area contributed by atoms with Gasteiger partial charge in [-0.3, -0.25) is 4.68 Å². The van der Waals surface area contributed by atoms with Gasteiger partial charge in [0, 0.05) is 37.9 Å². The van der Waals surface area contributed by atoms with Crippen LogP contribution in [0.25, 0.3) is 0 Å². The largest absolute Gasteiger partial charge is 0.310 e. The van der Waals surface area contributed by atoms with E-state index in [4.69, 9.17) is 0 Å². The molecule has 1 N–H and O–H groups in total. The van der Waals surface area contributed by atoms with Gasteiger partial charge in [0.25, 0.3) is 0 Å². The Morgan fingerprint density at radius 2 is 2.05 bits per heavy atom. The van der Waals surface area contributed by atoms with E-state index in [0.717, 1.165) is 18.2 Å². The topological polar surface area (TPSA) is 33.1 Å². The van der Waals surface area contributed by atoms with Crippen LogP contribution in [0.4, 0.5) is 0 Å². The van der Waals surface area contributed by atoms with Crippen molar-refractivity contribution >= 4 is 0 Å². The number of likely N-dealkylation sites (tertiary alicyclic amines) is 1. The van der Waals surface area contributed by atoms with Crippen molar-refractivity contribution in [3.63, 3.8) is 0 Å². The fraction of sp³-hybridized carbons (Fsp3) is 0.800. The van der Waals surface area contributed by atoms with E-state index < -0.39 is 0 Å². The van der Waals surface area contributed by atoms with Gasteiger partial charge in [-0.25, -0.2) is 0 Å². The average Bonchev–Trinajstić information content (AvgIpc) is 2.66. The lowest BCUT2D eigenvalue weighted by Crippen LogP contribution is -2.43. The summed E-state index contributed by atoms with van der Waals surface area (Å²) in [5.74, 6) is 0.780. The first-order valence-corrected chi connectivity index (χ1v) is 7.49. The molecule has 0 saturated carbocycles. The van der Waals surface area contributed by atoms with Gasteiger partial charge in [-0.1, -0.05) is 13.8 Å². The van der Waals surface area contributed by atoms with Crippen LogP contribution in [0.5, 0.6) is 0 Å². The molecule has 19 heavy (non-hydrogen) atoms. The lowest BCUT2D eigenvalue weighted by molar-refractivity contribution is 0.179. The van der Waals surface area contributed by atoms with Crippen molar-refractivity contribution in [3.05, 3.63) is 17.5 Å². The Bertz CT molecular complexity index is 389. The Morgan fingerprint density at radius 1 is 1.37 bits per heavy atom. The second-order valence-corrected chi connectivity index (χ2v) is 6.26. The Balaban J connectivity index is 1.72. The average molecular weight is 264 g/mol. The van der Waals surface area contributed by atoms with E-state index in [9.17, 15) is 0 Å². The van der Waals surface area contributed by atoms with Gasteiger partial charge >= 0.3 is 0 Å². The Kier molecular flexibility index (Phi) is 4.99. The molecule has 108 valence electrons. The second-order valence-electron chi connectivity index (χ2n) is 6.26. The molecule has 1 aromatic heterocycles. The van der Waals surface area contributed by atoms with Crippen molar-refractivity contribution in [2.24, 2.45) is 13.0 Å². The van der Waals surface area contributed by atoms with Crippen LogP contribution in [-0.4, -0.2) is 40.4 Å². The van der Waals surface area contributed by atoms with Gasteiger partial charge in [0.05, 0.1) is 5.69 Å². The first-order chi connectivity index (χ1) is 9.04. The van der Waals surface area contributed by atoms with Gasteiger partial charge in [0.2, 0.25) is 0 Å². The maximum atomic E-state index is 4.39. The Labute approximate surface area is 117 Å². The van der Waals surface area contributed by atoms with Crippen LogP contribution in [-0.2, 0) is 13.6 Å². The van der Waals surface area contributed by atoms with Gasteiger partial charge in [0.15, 0.2) is 0 Å². The predicted molar refractivity (Wildman–Crippen MR) is 79.1 cm³/mol. The van der Waals surface area contributed by atoms with Crippen molar-refractivity contribution in [1.82, 2.24) is 20.0 Å². The standard InChI is InChI=1S/C15H28N4/c1-12(2)10-19-7-5-15(6-8-19)16-9-14-11-18(4)17-13(14)3/h11-12,15-16H,5-10H2,1-4H3. The number of piperidine rings is 1. The summed E-state index contributed by atoms with van der Waals surface area (Å²) in [6.45, 7) is 11.4. The monoisotopic (exact) mass is 264 g/mol. The molecule has 4 heteroatoms. The van der Waals surface area contributed by atoms with Gasteiger partial charge in [-0.15, -0.1) is 0 Å². The molecular formula is C15H28N4. The smallest absolute Gasteiger partial charge is 0.0638 e. The van der Waals surface area contributed by atoms with E-state index in [2.05, 4.69) is 42.3 Å². The molecule has 0 aromatic carbocycles. The van der Waals surface area contributed by atoms with E-state index in [0.29, 0.717) is 6.04 Å². The summed E-state index contributed by atoms with van der Waals surface area (Å²) >= 11 is 0. The molecule has 0 spiro atoms. The number of hydrogen-bond acceptors (Lipinski definition) is 3. The summed E-state index contributed by atoms with van der Waals surface area (Å²) in [6, 6.07) is 0.669. The van der Waals surface area contributed by atoms with Crippen LogP contribution in [0.1, 0.15) is 37.9 Å². The number of nitrogens with zero attached hydrogens (tertiary/aromatic N) is 3. The fourth-order valence-electron chi connectivity index (χ4n) is 2.91. The molecule has 1 aliphatic heterocycles. The SMILES string of the molecule is Cc1nn(C)cc1CNC1CCN(CC(C)C)CC1. The molecule has 0 bridgehead atoms. The zero-order valence-corrected chi connectivity index (χ0v) is 12.8. The van der Waals surface area contributed by atoms with Crippen LogP contribution < -0.4 is 5.32 Å². The minimum Gasteiger partial charge on any atom is -0.310 e. The molecule has 1 aromatic rings. The van der Waals surface area contributed by atoms with Crippen molar-refractivity contribution in [1.29, 1.82) is 0 Å². The van der Waals surface area contributed by atoms with Crippen molar-refractivity contribution < 1.29 is 0 Å². The maximum absolute atomic E-state index is 4.39. The zero-order chi connectivity index (χ0) is 13.8. The molecule has 2 rings (SSSR count). The third-order valence-corrected chi connectivity index (χ3v) is 3.91. The summed E-state index contributed by atoms with van der Waals surface area (Å²) in [4.78, 5) is 2.60. The molecular weight excluding hydrogens is 236 g/mol. The maximum Gasteiger partial charge on any atom is 0.0638 e. The van der Waals surface area contributed by atoms with Crippen molar-refractivity contribution in [2.45, 2.75) is 46.2 Å². The van der Waals surface area contributed by atoms with Crippen LogP contribution in [0, 0.1) is 12.8 Å². The molecule has 1 saturated heterocycles. The number of rotatable bonds is 5. The van der Waals surface area contributed by atoms with Crippen LogP contribution >= 0.6 is 0 Å². The van der Waals surface area contributed by atoms with Crippen molar-refractivity contribution in [2.75, 3.05) is 19.6 Å². The lowest BCUT2D eigenvalue weighted by Gasteiger charge is -2.33. The number of hydrogen-bond donors (Lipinski definition) is 1. The van der Waals surface area contributed by atoms with E-state index in [1.165, 1.54) is 38.0 Å². The van der Waals surface area contributed by atoms with Gasteiger partial charge in [-0.05, 0) is 38.8 Å². The summed E-state index contributed by atoms with van der Waals surface area (Å²) < 4.78 is 1.90. The van der Waals surface area contributed by atoms with E-state index in [1.807, 2.05) is 11.7 Å². The Hall–Kier alpha value is -0.870. The minimum atomic E-state index is 0.669. The first kappa shape index (κ1) is 14.5. The third kappa shape index (κ3) is 4.32. The summed E-state index contributed by atoms with van der Waals surface area (Å²) in [7, 11) is 1.99. The normalized spacial score (nSPS) is 18.4. The van der Waals surface area contributed by atoms with Crippen LogP contribution in [0.2, 0.25) is 0 Å². The number of aromatic nitrogens is 2. The predicted octanol–water partition coefficient (Wildman–Crippen LogP) is 1.94. The van der Waals surface area contributed by atoms with Crippen LogP contribution in [0.15, 0.2) is 6.20 Å². The number of aryl methyl sites for hydroxylation is 2. The van der Waals surface area contributed by atoms with E-state index in [-0.39, 0.29) is 0 Å². The van der Waals surface area contributed by atoms with Gasteiger partial charge in [-0.2, -0.15) is 5.10 Å². The van der Waals surface area contributed by atoms with E-state index in [1.54, 1.807) is 0 Å². The quantitative estimate of drug-likeness (QED) is 0.882. The molecule has 4 nitrogen and oxygen atoms in total. The lowest BCUT2D eigenvalue weighted by atomic mass is 10.0. The minimum absolute atomic E-state index is 0.669. The second kappa shape index (κ2) is 6.53. The highest BCUT2D eigenvalue weighted by molar-refractivity contribution is 5.14. The first-order valence-electron chi connectivity index (χ1n) is 7.49. The molecule has 1 fully saturated rings. The molecule has 1 aliphatic rings. The highest BCUT2D eigenvalue weighted by atomic mass is 15.3. The van der Waals surface area contributed by atoms with Crippen molar-refractivity contribution in [3.8, 4) is 0 Å². The highest BCUT2D eigenvalue weighted by Crippen LogP contribution is 2.13. The molecule has 0 amide bonds. The molecule has 0 unspecified atom stereocenters. The van der Waals surface area contributed by atoms with Gasteiger partial charge < -0.3 is 10.2 Å². The summed E-state index contributed by atoms with van der Waals surface area (Å²) in [6.07, 6.45) is 4.66. The summed E-state index contributed by atoms with van der Waals surface area (Å²) in [5.41, 5.74) is 2.47. The fourth-order valence-corrected chi connectivity index (χ4v) is 2.91. The molecule has 0 aliphatic carbocycles.